The Morgan fingerprint density at radius 3 is 1.47 bits per heavy atom. The van der Waals surface area contributed by atoms with Gasteiger partial charge in [-0.25, -0.2) is 0 Å². The number of rotatable bonds is 18. The molecular formula is C28H53NO. The Kier molecular flexibility index (Phi) is 16.3. The molecule has 2 heteroatoms. The molecule has 0 atom stereocenters. The van der Waals surface area contributed by atoms with Gasteiger partial charge >= 0.3 is 0 Å². The number of hydrogen-bond donors (Lipinski definition) is 0. The van der Waals surface area contributed by atoms with Crippen LogP contribution in [0.15, 0.2) is 30.3 Å². The fourth-order valence-electron chi connectivity index (χ4n) is 4.31. The summed E-state index contributed by atoms with van der Waals surface area (Å²) in [7, 11) is 4.84. The number of hydrogen-bond acceptors (Lipinski definition) is 1. The normalized spacial score (nSPS) is 12.0. The van der Waals surface area contributed by atoms with Crippen LogP contribution in [0.2, 0.25) is 0 Å². The van der Waals surface area contributed by atoms with E-state index in [9.17, 15) is 0 Å². The zero-order valence-corrected chi connectivity index (χ0v) is 21.1. The van der Waals surface area contributed by atoms with E-state index in [2.05, 4.69) is 65.2 Å². The molecule has 0 heterocycles. The van der Waals surface area contributed by atoms with Crippen LogP contribution < -0.4 is 0 Å². The molecule has 0 aliphatic rings. The van der Waals surface area contributed by atoms with Gasteiger partial charge in [-0.2, -0.15) is 0 Å². The highest BCUT2D eigenvalue weighted by atomic mass is 16.0. The van der Waals surface area contributed by atoms with Crippen molar-refractivity contribution in [2.24, 2.45) is 0 Å². The van der Waals surface area contributed by atoms with E-state index >= 15 is 0 Å². The van der Waals surface area contributed by atoms with Gasteiger partial charge in [0, 0.05) is 6.42 Å². The van der Waals surface area contributed by atoms with Crippen LogP contribution in [0.25, 0.3) is 0 Å². The summed E-state index contributed by atoms with van der Waals surface area (Å²) in [5, 5.41) is 0. The van der Waals surface area contributed by atoms with Gasteiger partial charge in [0.05, 0.1) is 26.2 Å². The summed E-state index contributed by atoms with van der Waals surface area (Å²) >= 11 is 0. The van der Waals surface area contributed by atoms with Gasteiger partial charge in [-0.05, 0) is 32.3 Å². The van der Waals surface area contributed by atoms with Crippen LogP contribution in [-0.2, 0) is 6.42 Å². The van der Waals surface area contributed by atoms with E-state index in [-0.39, 0.29) is 11.0 Å². The Labute approximate surface area is 189 Å². The molecule has 30 heavy (non-hydrogen) atoms. The molecule has 0 amide bonds. The Morgan fingerprint density at radius 2 is 1.03 bits per heavy atom. The van der Waals surface area contributed by atoms with Crippen molar-refractivity contribution in [3.05, 3.63) is 35.9 Å². The second kappa shape index (κ2) is 16.8. The summed E-state index contributed by atoms with van der Waals surface area (Å²) in [5.74, 6) is 0. The number of unbranched alkanes of at least 4 members (excludes halogenated alkanes) is 13. The molecule has 0 spiro atoms. The minimum atomic E-state index is 0. The molecule has 0 saturated heterocycles. The van der Waals surface area contributed by atoms with Crippen molar-refractivity contribution in [1.29, 1.82) is 0 Å². The molecule has 2 nitrogen and oxygen atoms in total. The minimum Gasteiger partial charge on any atom is -0.870 e. The van der Waals surface area contributed by atoms with Crippen LogP contribution in [0.3, 0.4) is 0 Å². The second-order valence-corrected chi connectivity index (χ2v) is 10.5. The lowest BCUT2D eigenvalue weighted by Gasteiger charge is -2.45. The van der Waals surface area contributed by atoms with Gasteiger partial charge in [0.15, 0.2) is 0 Å². The maximum absolute atomic E-state index is 2.43. The van der Waals surface area contributed by atoms with Crippen molar-refractivity contribution < 1.29 is 9.96 Å². The van der Waals surface area contributed by atoms with Crippen LogP contribution in [0.5, 0.6) is 0 Å². The standard InChI is InChI=1S/C28H52N.H2O/c1-6-7-8-9-10-11-12-13-14-15-16-17-18-22-25-29(4,5)28(2,3)26-27-23-20-19-21-24-27;/h19-21,23-24H,6-18,22,25-26H2,1-5H3;1H2/q+1;/p-1. The Morgan fingerprint density at radius 1 is 0.633 bits per heavy atom. The van der Waals surface area contributed by atoms with Crippen molar-refractivity contribution in [3.8, 4) is 0 Å². The Balaban J connectivity index is 0.00000841. The molecule has 1 aromatic rings. The van der Waals surface area contributed by atoms with Gasteiger partial charge in [-0.3, -0.25) is 0 Å². The van der Waals surface area contributed by atoms with Gasteiger partial charge in [0.25, 0.3) is 0 Å². The van der Waals surface area contributed by atoms with Crippen LogP contribution in [0, 0.1) is 0 Å². The topological polar surface area (TPSA) is 30.0 Å². The third kappa shape index (κ3) is 12.7. The molecule has 1 aromatic carbocycles. The van der Waals surface area contributed by atoms with Crippen LogP contribution >= 0.6 is 0 Å². The fourth-order valence-corrected chi connectivity index (χ4v) is 4.31. The van der Waals surface area contributed by atoms with Gasteiger partial charge in [0.2, 0.25) is 0 Å². The summed E-state index contributed by atoms with van der Waals surface area (Å²) in [6.07, 6.45) is 21.3. The maximum atomic E-state index is 2.43. The summed E-state index contributed by atoms with van der Waals surface area (Å²) in [6, 6.07) is 11.0. The quantitative estimate of drug-likeness (QED) is 0.173. The molecule has 0 aromatic heterocycles. The number of quaternary nitrogens is 1. The summed E-state index contributed by atoms with van der Waals surface area (Å²) < 4.78 is 1.11. The van der Waals surface area contributed by atoms with E-state index in [4.69, 9.17) is 0 Å². The lowest BCUT2D eigenvalue weighted by molar-refractivity contribution is -0.938. The Hall–Kier alpha value is -0.860. The number of likely N-dealkylation sites (N-methyl/N-ethyl adjacent to an activating group) is 1. The zero-order valence-electron chi connectivity index (χ0n) is 21.1. The van der Waals surface area contributed by atoms with Gasteiger partial charge in [-0.15, -0.1) is 0 Å². The molecule has 0 bridgehead atoms. The van der Waals surface area contributed by atoms with Gasteiger partial charge < -0.3 is 9.96 Å². The maximum Gasteiger partial charge on any atom is 0.0972 e. The van der Waals surface area contributed by atoms with Gasteiger partial charge in [-0.1, -0.05) is 114 Å². The smallest absolute Gasteiger partial charge is 0.0972 e. The van der Waals surface area contributed by atoms with Crippen LogP contribution in [0.1, 0.15) is 116 Å². The van der Waals surface area contributed by atoms with E-state index in [1.54, 1.807) is 0 Å². The first-order chi connectivity index (χ1) is 13.9. The molecule has 0 aliphatic carbocycles. The molecule has 0 saturated carbocycles. The molecule has 0 aliphatic heterocycles. The van der Waals surface area contributed by atoms with Crippen molar-refractivity contribution in [3.63, 3.8) is 0 Å². The monoisotopic (exact) mass is 419 g/mol. The molecule has 0 unspecified atom stereocenters. The van der Waals surface area contributed by atoms with Crippen LogP contribution in [0.4, 0.5) is 0 Å². The lowest BCUT2D eigenvalue weighted by atomic mass is 9.91. The SMILES string of the molecule is CCCCCCCCCCCCCCCC[N+](C)(C)C(C)(C)Cc1ccccc1.[OH-]. The molecular weight excluding hydrogens is 366 g/mol. The average Bonchev–Trinajstić information content (AvgIpc) is 2.68. The molecule has 0 radical (unpaired) electrons. The zero-order chi connectivity index (χ0) is 21.4. The first kappa shape index (κ1) is 29.1. The molecule has 1 rings (SSSR count). The number of nitrogens with zero attached hydrogens (tertiary/aromatic N) is 1. The number of benzene rings is 1. The lowest BCUT2D eigenvalue weighted by Crippen LogP contribution is -2.57. The van der Waals surface area contributed by atoms with E-state index < -0.39 is 0 Å². The summed E-state index contributed by atoms with van der Waals surface area (Å²) in [4.78, 5) is 0. The van der Waals surface area contributed by atoms with Crippen molar-refractivity contribution in [2.45, 2.75) is 123 Å². The summed E-state index contributed by atoms with van der Waals surface area (Å²) in [5.41, 5.74) is 1.74. The first-order valence-electron chi connectivity index (χ1n) is 12.8. The largest absolute Gasteiger partial charge is 0.870 e. The Bertz CT molecular complexity index is 495. The molecule has 0 fully saturated rings. The predicted octanol–water partition coefficient (Wildman–Crippen LogP) is 8.39. The van der Waals surface area contributed by atoms with Crippen molar-refractivity contribution in [2.75, 3.05) is 20.6 Å². The van der Waals surface area contributed by atoms with Crippen molar-refractivity contribution in [1.82, 2.24) is 0 Å². The predicted molar refractivity (Wildman–Crippen MR) is 133 cm³/mol. The van der Waals surface area contributed by atoms with E-state index in [0.717, 1.165) is 10.9 Å². The highest BCUT2D eigenvalue weighted by Gasteiger charge is 2.35. The summed E-state index contributed by atoms with van der Waals surface area (Å²) in [6.45, 7) is 8.46. The third-order valence-corrected chi connectivity index (χ3v) is 7.19. The highest BCUT2D eigenvalue weighted by Crippen LogP contribution is 2.26. The van der Waals surface area contributed by atoms with E-state index in [1.807, 2.05) is 0 Å². The fraction of sp³-hybridized carbons (Fsp3) is 0.786. The third-order valence-electron chi connectivity index (χ3n) is 7.19. The average molecular weight is 420 g/mol. The van der Waals surface area contributed by atoms with Crippen LogP contribution in [-0.4, -0.2) is 36.1 Å². The van der Waals surface area contributed by atoms with E-state index in [1.165, 1.54) is 102 Å². The van der Waals surface area contributed by atoms with Crippen molar-refractivity contribution >= 4 is 0 Å². The molecule has 1 N–H and O–H groups in total. The minimum absolute atomic E-state index is 0. The van der Waals surface area contributed by atoms with Gasteiger partial charge in [0.1, 0.15) is 0 Å². The first-order valence-corrected chi connectivity index (χ1v) is 12.8. The second-order valence-electron chi connectivity index (χ2n) is 10.5. The molecule has 176 valence electrons. The highest BCUT2D eigenvalue weighted by molar-refractivity contribution is 5.16. The van der Waals surface area contributed by atoms with E-state index in [0.29, 0.717) is 0 Å².